The minimum absolute atomic E-state index is 0.0775. The molecule has 0 aromatic heterocycles. The normalized spacial score (nSPS) is 25.2. The summed E-state index contributed by atoms with van der Waals surface area (Å²) in [7, 11) is 0. The standard InChI is InChI=1S/C21H26O10/c1-12(22)26-11-17-18(28-13(2)23)19(27-10-16-8-6-5-7-9-16)20(29-14(3)24)21(31-17)30-15(4)25/h5-9,17-21H,10-11H2,1-4H3/t17-,18+,19+,20-,21?/m1/s1. The smallest absolute Gasteiger partial charge is 0.305 e. The van der Waals surface area contributed by atoms with Crippen molar-refractivity contribution in [3.05, 3.63) is 35.9 Å². The fraction of sp³-hybridized carbons (Fsp3) is 0.524. The number of carbonyl (C=O) groups excluding carboxylic acids is 4. The first-order valence-electron chi connectivity index (χ1n) is 9.63. The molecule has 0 N–H and O–H groups in total. The molecule has 1 aromatic carbocycles. The Morgan fingerprint density at radius 3 is 1.90 bits per heavy atom. The van der Waals surface area contributed by atoms with Gasteiger partial charge in [-0.15, -0.1) is 0 Å². The molecule has 0 aliphatic carbocycles. The molecule has 0 spiro atoms. The Morgan fingerprint density at radius 1 is 0.774 bits per heavy atom. The van der Waals surface area contributed by atoms with Gasteiger partial charge in [-0.05, 0) is 5.56 Å². The summed E-state index contributed by atoms with van der Waals surface area (Å²) < 4.78 is 32.6. The van der Waals surface area contributed by atoms with Crippen molar-refractivity contribution in [2.24, 2.45) is 0 Å². The van der Waals surface area contributed by atoms with E-state index in [1.807, 2.05) is 30.3 Å². The molecule has 1 saturated heterocycles. The Bertz CT molecular complexity index is 778. The number of hydrogen-bond donors (Lipinski definition) is 0. The summed E-state index contributed by atoms with van der Waals surface area (Å²) in [6.07, 6.45) is -5.83. The monoisotopic (exact) mass is 438 g/mol. The van der Waals surface area contributed by atoms with Crippen LogP contribution in [0.4, 0.5) is 0 Å². The van der Waals surface area contributed by atoms with Crippen molar-refractivity contribution in [3.63, 3.8) is 0 Å². The zero-order valence-electron chi connectivity index (χ0n) is 17.8. The molecule has 0 amide bonds. The quantitative estimate of drug-likeness (QED) is 0.433. The lowest BCUT2D eigenvalue weighted by atomic mass is 9.98. The fourth-order valence-corrected chi connectivity index (χ4v) is 3.08. The van der Waals surface area contributed by atoms with Crippen LogP contribution in [0.5, 0.6) is 0 Å². The predicted molar refractivity (Wildman–Crippen MR) is 103 cm³/mol. The molecule has 0 radical (unpaired) electrons. The lowest BCUT2D eigenvalue weighted by molar-refractivity contribution is -0.305. The lowest BCUT2D eigenvalue weighted by Crippen LogP contribution is -2.62. The number of benzene rings is 1. The second-order valence-corrected chi connectivity index (χ2v) is 6.86. The van der Waals surface area contributed by atoms with Crippen LogP contribution >= 0.6 is 0 Å². The number of carbonyl (C=O) groups is 4. The number of rotatable bonds is 8. The van der Waals surface area contributed by atoms with Crippen molar-refractivity contribution in [3.8, 4) is 0 Å². The van der Waals surface area contributed by atoms with E-state index in [0.29, 0.717) is 0 Å². The van der Waals surface area contributed by atoms with Gasteiger partial charge in [0.05, 0.1) is 6.61 Å². The Morgan fingerprint density at radius 2 is 1.35 bits per heavy atom. The van der Waals surface area contributed by atoms with Gasteiger partial charge in [0.1, 0.15) is 18.8 Å². The van der Waals surface area contributed by atoms with E-state index in [9.17, 15) is 19.2 Å². The van der Waals surface area contributed by atoms with Gasteiger partial charge in [0, 0.05) is 27.7 Å². The molecule has 1 fully saturated rings. The van der Waals surface area contributed by atoms with Crippen LogP contribution in [0.2, 0.25) is 0 Å². The highest BCUT2D eigenvalue weighted by atomic mass is 16.7. The van der Waals surface area contributed by atoms with Gasteiger partial charge in [0.25, 0.3) is 0 Å². The highest BCUT2D eigenvalue weighted by Gasteiger charge is 2.52. The average molecular weight is 438 g/mol. The van der Waals surface area contributed by atoms with Crippen molar-refractivity contribution in [1.29, 1.82) is 0 Å². The molecule has 1 aliphatic heterocycles. The number of ether oxygens (including phenoxy) is 6. The van der Waals surface area contributed by atoms with E-state index in [1.165, 1.54) is 20.8 Å². The molecule has 2 rings (SSSR count). The minimum Gasteiger partial charge on any atom is -0.463 e. The third kappa shape index (κ3) is 7.65. The first kappa shape index (κ1) is 24.3. The fourth-order valence-electron chi connectivity index (χ4n) is 3.08. The van der Waals surface area contributed by atoms with E-state index in [4.69, 9.17) is 28.4 Å². The molecule has 1 aromatic rings. The highest BCUT2D eigenvalue weighted by molar-refractivity contribution is 5.68. The molecule has 1 unspecified atom stereocenters. The van der Waals surface area contributed by atoms with Gasteiger partial charge in [-0.2, -0.15) is 0 Å². The first-order valence-corrected chi connectivity index (χ1v) is 9.63. The topological polar surface area (TPSA) is 124 Å². The van der Waals surface area contributed by atoms with Crippen LogP contribution in [0.1, 0.15) is 33.3 Å². The molecule has 10 nitrogen and oxygen atoms in total. The van der Waals surface area contributed by atoms with Gasteiger partial charge in [0.2, 0.25) is 6.29 Å². The highest BCUT2D eigenvalue weighted by Crippen LogP contribution is 2.30. The second kappa shape index (κ2) is 11.4. The zero-order chi connectivity index (χ0) is 23.0. The molecule has 10 heteroatoms. The summed E-state index contributed by atoms with van der Waals surface area (Å²) in [5, 5.41) is 0. The average Bonchev–Trinajstić information content (AvgIpc) is 2.67. The van der Waals surface area contributed by atoms with Gasteiger partial charge >= 0.3 is 23.9 Å². The lowest BCUT2D eigenvalue weighted by Gasteiger charge is -2.44. The van der Waals surface area contributed by atoms with Crippen molar-refractivity contribution in [2.75, 3.05) is 6.61 Å². The van der Waals surface area contributed by atoms with Gasteiger partial charge in [-0.1, -0.05) is 30.3 Å². The van der Waals surface area contributed by atoms with Gasteiger partial charge in [-0.25, -0.2) is 0 Å². The zero-order valence-corrected chi connectivity index (χ0v) is 17.8. The Kier molecular flexibility index (Phi) is 8.95. The molecule has 0 bridgehead atoms. The Hall–Kier alpha value is -2.98. The summed E-state index contributed by atoms with van der Waals surface area (Å²) >= 11 is 0. The molecule has 1 aliphatic rings. The molecule has 31 heavy (non-hydrogen) atoms. The molecule has 5 atom stereocenters. The summed E-state index contributed by atoms with van der Waals surface area (Å²) in [6, 6.07) is 9.12. The van der Waals surface area contributed by atoms with Gasteiger partial charge in [0.15, 0.2) is 12.2 Å². The second-order valence-electron chi connectivity index (χ2n) is 6.86. The Labute approximate surface area is 179 Å². The third-order valence-corrected chi connectivity index (χ3v) is 4.21. The van der Waals surface area contributed by atoms with Crippen molar-refractivity contribution in [1.82, 2.24) is 0 Å². The number of hydrogen-bond acceptors (Lipinski definition) is 10. The van der Waals surface area contributed by atoms with E-state index in [2.05, 4.69) is 0 Å². The summed E-state index contributed by atoms with van der Waals surface area (Å²) in [6.45, 7) is 4.50. The minimum atomic E-state index is -1.37. The van der Waals surface area contributed by atoms with E-state index in [-0.39, 0.29) is 13.2 Å². The number of esters is 4. The van der Waals surface area contributed by atoms with Crippen LogP contribution in [-0.2, 0) is 54.2 Å². The van der Waals surface area contributed by atoms with Crippen LogP contribution in [0.25, 0.3) is 0 Å². The van der Waals surface area contributed by atoms with Crippen molar-refractivity contribution >= 4 is 23.9 Å². The van der Waals surface area contributed by atoms with E-state index in [1.54, 1.807) is 0 Å². The van der Waals surface area contributed by atoms with Gasteiger partial charge < -0.3 is 28.4 Å². The van der Waals surface area contributed by atoms with Crippen molar-refractivity contribution < 1.29 is 47.6 Å². The predicted octanol–water partition coefficient (Wildman–Crippen LogP) is 1.29. The van der Waals surface area contributed by atoms with Crippen LogP contribution in [0, 0.1) is 0 Å². The van der Waals surface area contributed by atoms with Crippen LogP contribution < -0.4 is 0 Å². The summed E-state index contributed by atoms with van der Waals surface area (Å²) in [5.41, 5.74) is 0.803. The molecule has 0 saturated carbocycles. The van der Waals surface area contributed by atoms with Crippen LogP contribution in [0.3, 0.4) is 0 Å². The maximum absolute atomic E-state index is 11.8. The maximum Gasteiger partial charge on any atom is 0.305 e. The molecule has 170 valence electrons. The largest absolute Gasteiger partial charge is 0.463 e. The summed E-state index contributed by atoms with van der Waals surface area (Å²) in [4.78, 5) is 46.4. The molecular weight excluding hydrogens is 412 g/mol. The van der Waals surface area contributed by atoms with Gasteiger partial charge in [-0.3, -0.25) is 19.2 Å². The first-order chi connectivity index (χ1) is 14.7. The van der Waals surface area contributed by atoms with Crippen LogP contribution in [0.15, 0.2) is 30.3 Å². The molecular formula is C21H26O10. The Balaban J connectivity index is 2.38. The van der Waals surface area contributed by atoms with E-state index in [0.717, 1.165) is 12.5 Å². The van der Waals surface area contributed by atoms with Crippen LogP contribution in [-0.4, -0.2) is 61.2 Å². The maximum atomic E-state index is 11.8. The third-order valence-electron chi connectivity index (χ3n) is 4.21. The SMILES string of the molecule is CC(=O)OC[C@H]1OC(OC(C)=O)[C@H](OC(C)=O)[C@@H](OCc2ccccc2)[C@H]1OC(C)=O. The molecule has 1 heterocycles. The van der Waals surface area contributed by atoms with E-state index < -0.39 is 54.6 Å². The van der Waals surface area contributed by atoms with Crippen molar-refractivity contribution in [2.45, 2.75) is 65.0 Å². The van der Waals surface area contributed by atoms with E-state index >= 15 is 0 Å². The summed E-state index contributed by atoms with van der Waals surface area (Å²) in [5.74, 6) is -2.61.